The predicted molar refractivity (Wildman–Crippen MR) is 49.4 cm³/mol. The molecule has 1 aromatic heterocycles. The molecule has 0 aliphatic heterocycles. The Kier molecular flexibility index (Phi) is 2.87. The molecular weight excluding hydrogens is 188 g/mol. The number of hydrogen-bond acceptors (Lipinski definition) is 2. The molecule has 80 valence electrons. The van der Waals surface area contributed by atoms with Crippen LogP contribution in [0.3, 0.4) is 0 Å². The zero-order chi connectivity index (χ0) is 10.9. The van der Waals surface area contributed by atoms with Gasteiger partial charge >= 0.3 is 0 Å². The van der Waals surface area contributed by atoms with Crippen LogP contribution in [0.5, 0.6) is 0 Å². The molecule has 0 spiro atoms. The molecule has 0 fully saturated rings. The van der Waals surface area contributed by atoms with Gasteiger partial charge in [-0.2, -0.15) is 0 Å². The van der Waals surface area contributed by atoms with E-state index >= 15 is 0 Å². The number of halogens is 2. The Morgan fingerprint density at radius 3 is 2.29 bits per heavy atom. The first-order valence-corrected chi connectivity index (χ1v) is 4.53. The van der Waals surface area contributed by atoms with Gasteiger partial charge in [0.1, 0.15) is 6.04 Å². The van der Waals surface area contributed by atoms with Crippen molar-refractivity contribution in [1.82, 2.24) is 15.0 Å². The van der Waals surface area contributed by atoms with Crippen molar-refractivity contribution >= 4 is 0 Å². The van der Waals surface area contributed by atoms with Crippen LogP contribution in [0.2, 0.25) is 0 Å². The summed E-state index contributed by atoms with van der Waals surface area (Å²) in [5.41, 5.74) is 0.574. The van der Waals surface area contributed by atoms with Crippen molar-refractivity contribution in [3.05, 3.63) is 11.9 Å². The Bertz CT molecular complexity index is 301. The smallest absolute Gasteiger partial charge is 0.244 e. The van der Waals surface area contributed by atoms with Gasteiger partial charge < -0.3 is 0 Å². The second kappa shape index (κ2) is 3.63. The highest BCUT2D eigenvalue weighted by Crippen LogP contribution is 2.21. The SMILES string of the molecule is CC(C(F)F)n1cc(C(C)(C)C)nn1. The van der Waals surface area contributed by atoms with Crippen LogP contribution in [0.15, 0.2) is 6.20 Å². The molecular formula is C9H15F2N3. The molecule has 14 heavy (non-hydrogen) atoms. The number of rotatable bonds is 2. The van der Waals surface area contributed by atoms with Crippen LogP contribution in [0, 0.1) is 0 Å². The van der Waals surface area contributed by atoms with Gasteiger partial charge in [-0.1, -0.05) is 26.0 Å². The Hall–Kier alpha value is -1.00. The van der Waals surface area contributed by atoms with E-state index in [1.807, 2.05) is 20.8 Å². The first-order valence-electron chi connectivity index (χ1n) is 4.53. The minimum absolute atomic E-state index is 0.153. The van der Waals surface area contributed by atoms with Crippen molar-refractivity contribution in [2.75, 3.05) is 0 Å². The van der Waals surface area contributed by atoms with Crippen molar-refractivity contribution in [2.45, 2.75) is 45.6 Å². The summed E-state index contributed by atoms with van der Waals surface area (Å²) in [4.78, 5) is 0. The third-order valence-corrected chi connectivity index (χ3v) is 2.06. The highest BCUT2D eigenvalue weighted by atomic mass is 19.3. The first-order chi connectivity index (χ1) is 6.32. The Morgan fingerprint density at radius 1 is 1.36 bits per heavy atom. The summed E-state index contributed by atoms with van der Waals surface area (Å²) < 4.78 is 25.9. The van der Waals surface area contributed by atoms with Gasteiger partial charge in [-0.15, -0.1) is 5.10 Å². The minimum atomic E-state index is -2.41. The van der Waals surface area contributed by atoms with E-state index in [2.05, 4.69) is 10.3 Å². The summed E-state index contributed by atoms with van der Waals surface area (Å²) in [6.07, 6.45) is -0.832. The second-order valence-electron chi connectivity index (χ2n) is 4.41. The van der Waals surface area contributed by atoms with Gasteiger partial charge in [-0.25, -0.2) is 13.5 Å². The maximum absolute atomic E-state index is 12.3. The van der Waals surface area contributed by atoms with Crippen LogP contribution in [0.25, 0.3) is 0 Å². The van der Waals surface area contributed by atoms with E-state index in [0.717, 1.165) is 5.69 Å². The monoisotopic (exact) mass is 203 g/mol. The normalized spacial score (nSPS) is 14.8. The molecule has 3 nitrogen and oxygen atoms in total. The molecule has 0 bridgehead atoms. The van der Waals surface area contributed by atoms with Gasteiger partial charge in [0.2, 0.25) is 0 Å². The van der Waals surface area contributed by atoms with Gasteiger partial charge in [-0.3, -0.25) is 0 Å². The van der Waals surface area contributed by atoms with Crippen LogP contribution in [0.4, 0.5) is 8.78 Å². The van der Waals surface area contributed by atoms with Gasteiger partial charge in [0.25, 0.3) is 6.43 Å². The number of aromatic nitrogens is 3. The summed E-state index contributed by atoms with van der Waals surface area (Å²) in [5.74, 6) is 0. The zero-order valence-corrected chi connectivity index (χ0v) is 8.83. The van der Waals surface area contributed by atoms with Crippen LogP contribution >= 0.6 is 0 Å². The lowest BCUT2D eigenvalue weighted by atomic mass is 9.93. The molecule has 0 amide bonds. The van der Waals surface area contributed by atoms with E-state index < -0.39 is 12.5 Å². The van der Waals surface area contributed by atoms with E-state index in [1.54, 1.807) is 6.20 Å². The van der Waals surface area contributed by atoms with E-state index in [-0.39, 0.29) is 5.41 Å². The zero-order valence-electron chi connectivity index (χ0n) is 8.83. The van der Waals surface area contributed by atoms with Crippen molar-refractivity contribution in [3.8, 4) is 0 Å². The molecule has 0 aliphatic rings. The number of hydrogen-bond donors (Lipinski definition) is 0. The molecule has 0 aromatic carbocycles. The quantitative estimate of drug-likeness (QED) is 0.739. The average Bonchev–Trinajstić information content (AvgIpc) is 2.49. The minimum Gasteiger partial charge on any atom is -0.244 e. The Labute approximate surface area is 82.1 Å². The highest BCUT2D eigenvalue weighted by Gasteiger charge is 2.22. The molecule has 1 rings (SSSR count). The van der Waals surface area contributed by atoms with Crippen LogP contribution in [-0.4, -0.2) is 21.4 Å². The van der Waals surface area contributed by atoms with Crippen molar-refractivity contribution in [2.24, 2.45) is 0 Å². The average molecular weight is 203 g/mol. The van der Waals surface area contributed by atoms with Gasteiger partial charge in [0.05, 0.1) is 5.69 Å². The summed E-state index contributed by atoms with van der Waals surface area (Å²) in [5, 5.41) is 7.56. The van der Waals surface area contributed by atoms with Gasteiger partial charge in [0, 0.05) is 11.6 Å². The highest BCUT2D eigenvalue weighted by molar-refractivity contribution is 5.06. The molecule has 0 saturated carbocycles. The van der Waals surface area contributed by atoms with Gasteiger partial charge in [-0.05, 0) is 6.92 Å². The van der Waals surface area contributed by atoms with E-state index in [4.69, 9.17) is 0 Å². The van der Waals surface area contributed by atoms with Crippen molar-refractivity contribution in [3.63, 3.8) is 0 Å². The van der Waals surface area contributed by atoms with Crippen molar-refractivity contribution < 1.29 is 8.78 Å². The van der Waals surface area contributed by atoms with E-state index in [0.29, 0.717) is 0 Å². The lowest BCUT2D eigenvalue weighted by molar-refractivity contribution is 0.0845. The Balaban J connectivity index is 2.89. The predicted octanol–water partition coefficient (Wildman–Crippen LogP) is 2.40. The Morgan fingerprint density at radius 2 is 1.93 bits per heavy atom. The fourth-order valence-electron chi connectivity index (χ4n) is 0.935. The molecule has 0 N–H and O–H groups in total. The lowest BCUT2D eigenvalue weighted by Crippen LogP contribution is -2.14. The summed E-state index contributed by atoms with van der Waals surface area (Å²) in [6, 6.07) is -0.918. The summed E-state index contributed by atoms with van der Waals surface area (Å²) >= 11 is 0. The summed E-state index contributed by atoms with van der Waals surface area (Å²) in [6.45, 7) is 7.32. The van der Waals surface area contributed by atoms with Crippen molar-refractivity contribution in [1.29, 1.82) is 0 Å². The van der Waals surface area contributed by atoms with Crippen LogP contribution < -0.4 is 0 Å². The lowest BCUT2D eigenvalue weighted by Gasteiger charge is -2.13. The topological polar surface area (TPSA) is 30.7 Å². The molecule has 0 aliphatic carbocycles. The molecule has 1 unspecified atom stereocenters. The third-order valence-electron chi connectivity index (χ3n) is 2.06. The third kappa shape index (κ3) is 2.27. The maximum Gasteiger partial charge on any atom is 0.260 e. The number of nitrogens with zero attached hydrogens (tertiary/aromatic N) is 3. The fraction of sp³-hybridized carbons (Fsp3) is 0.778. The first kappa shape index (κ1) is 11.1. The fourth-order valence-corrected chi connectivity index (χ4v) is 0.935. The molecule has 5 heteroatoms. The molecule has 1 aromatic rings. The maximum atomic E-state index is 12.3. The largest absolute Gasteiger partial charge is 0.260 e. The number of alkyl halides is 2. The van der Waals surface area contributed by atoms with E-state index in [9.17, 15) is 8.78 Å². The van der Waals surface area contributed by atoms with E-state index in [1.165, 1.54) is 11.6 Å². The molecule has 0 radical (unpaired) electrons. The van der Waals surface area contributed by atoms with Crippen LogP contribution in [-0.2, 0) is 5.41 Å². The molecule has 0 saturated heterocycles. The van der Waals surface area contributed by atoms with Gasteiger partial charge in [0.15, 0.2) is 0 Å². The second-order valence-corrected chi connectivity index (χ2v) is 4.41. The molecule has 1 heterocycles. The summed E-state index contributed by atoms with van der Waals surface area (Å²) in [7, 11) is 0. The standard InChI is InChI=1S/C9H15F2N3/c1-6(8(10)11)14-5-7(12-13-14)9(2,3)4/h5-6,8H,1-4H3. The van der Waals surface area contributed by atoms with Crippen LogP contribution in [0.1, 0.15) is 39.4 Å². The molecule has 1 atom stereocenters.